The van der Waals surface area contributed by atoms with Crippen molar-refractivity contribution in [2.45, 2.75) is 32.3 Å². The van der Waals surface area contributed by atoms with Crippen molar-refractivity contribution in [3.8, 4) is 16.9 Å². The number of benzene rings is 4. The lowest BCUT2D eigenvalue weighted by Gasteiger charge is -2.36. The molecular formula is C37H40ClN3O2. The quantitative estimate of drug-likeness (QED) is 0.179. The fraction of sp³-hybridized carbons (Fsp3) is 0.270. The van der Waals surface area contributed by atoms with Crippen molar-refractivity contribution in [3.05, 3.63) is 120 Å². The lowest BCUT2D eigenvalue weighted by molar-refractivity contribution is -0.119. The molecule has 6 rings (SSSR count). The molecular weight excluding hydrogens is 554 g/mol. The van der Waals surface area contributed by atoms with Crippen LogP contribution in [-0.4, -0.2) is 43.0 Å². The number of nitrogens with zero attached hydrogens (tertiary/aromatic N) is 2. The van der Waals surface area contributed by atoms with Crippen molar-refractivity contribution < 1.29 is 9.53 Å². The summed E-state index contributed by atoms with van der Waals surface area (Å²) in [6, 6.07) is 33.5. The highest BCUT2D eigenvalue weighted by Gasteiger charge is 2.29. The van der Waals surface area contributed by atoms with E-state index in [9.17, 15) is 4.79 Å². The molecule has 0 radical (unpaired) electrons. The van der Waals surface area contributed by atoms with Crippen LogP contribution in [0.2, 0.25) is 0 Å². The number of fused-ring (bicyclic) bond motifs is 2. The fourth-order valence-corrected chi connectivity index (χ4v) is 6.16. The molecule has 1 unspecified atom stereocenters. The Hall–Kier alpha value is -4.06. The van der Waals surface area contributed by atoms with Gasteiger partial charge in [-0.2, -0.15) is 0 Å². The molecule has 0 saturated heterocycles. The van der Waals surface area contributed by atoms with Gasteiger partial charge in [-0.1, -0.05) is 78.9 Å². The van der Waals surface area contributed by atoms with E-state index >= 15 is 0 Å². The lowest BCUT2D eigenvalue weighted by atomic mass is 9.91. The minimum atomic E-state index is 0. The molecule has 0 aliphatic carbocycles. The van der Waals surface area contributed by atoms with Crippen LogP contribution in [0.5, 0.6) is 5.75 Å². The minimum Gasteiger partial charge on any atom is -0.489 e. The van der Waals surface area contributed by atoms with E-state index in [1.54, 1.807) is 0 Å². The number of ether oxygens (including phenoxy) is 1. The molecule has 43 heavy (non-hydrogen) atoms. The molecule has 1 aliphatic rings. The first kappa shape index (κ1) is 30.4. The molecule has 2 heterocycles. The summed E-state index contributed by atoms with van der Waals surface area (Å²) in [6.45, 7) is 2.17. The zero-order valence-corrected chi connectivity index (χ0v) is 25.8. The standard InChI is InChI=1S/C37H39N3O2.ClH/c1-39(2)24-28-21-31-19-20-33(42-26-27-15-17-30(18-16-27)29-9-4-3-5-10-29)22-36(31)40(25-28)37(41)14-8-11-32-23-38-35-13-7-6-12-34(32)35;/h3-7,9-10,12-13,15-20,22-23,28,38H,8,11,14,21,24-26H2,1-2H3;1H. The number of carbonyl (C=O) groups is 1. The Morgan fingerprint density at radius 3 is 2.47 bits per heavy atom. The lowest BCUT2D eigenvalue weighted by Crippen LogP contribution is -2.43. The van der Waals surface area contributed by atoms with Gasteiger partial charge in [-0.25, -0.2) is 0 Å². The van der Waals surface area contributed by atoms with Gasteiger partial charge < -0.3 is 19.5 Å². The number of nitrogens with one attached hydrogen (secondary N) is 1. The summed E-state index contributed by atoms with van der Waals surface area (Å²) in [5, 5.41) is 1.25. The van der Waals surface area contributed by atoms with Crippen LogP contribution in [0.3, 0.4) is 0 Å². The Morgan fingerprint density at radius 1 is 0.930 bits per heavy atom. The zero-order chi connectivity index (χ0) is 28.9. The van der Waals surface area contributed by atoms with E-state index in [-0.39, 0.29) is 18.3 Å². The number of aromatic amines is 1. The van der Waals surface area contributed by atoms with Crippen LogP contribution in [0.25, 0.3) is 22.0 Å². The number of H-pyrrole nitrogens is 1. The molecule has 4 aromatic carbocycles. The van der Waals surface area contributed by atoms with Crippen LogP contribution in [0.1, 0.15) is 29.5 Å². The Morgan fingerprint density at radius 2 is 1.67 bits per heavy atom. The van der Waals surface area contributed by atoms with E-state index in [1.807, 2.05) is 17.0 Å². The van der Waals surface area contributed by atoms with E-state index in [1.165, 1.54) is 27.6 Å². The molecule has 1 atom stereocenters. The topological polar surface area (TPSA) is 48.6 Å². The minimum absolute atomic E-state index is 0. The van der Waals surface area contributed by atoms with Crippen LogP contribution in [0.15, 0.2) is 103 Å². The van der Waals surface area contributed by atoms with E-state index in [0.29, 0.717) is 18.9 Å². The predicted molar refractivity (Wildman–Crippen MR) is 179 cm³/mol. The second-order valence-electron chi connectivity index (χ2n) is 11.7. The SMILES string of the molecule is CN(C)CC1Cc2ccc(OCc3ccc(-c4ccccc4)cc3)cc2N(C(=O)CCCc2c[nH]c3ccccc23)C1.Cl. The normalized spacial score (nSPS) is 14.4. The predicted octanol–water partition coefficient (Wildman–Crippen LogP) is 7.93. The summed E-state index contributed by atoms with van der Waals surface area (Å²) < 4.78 is 6.24. The number of anilines is 1. The van der Waals surface area contributed by atoms with Crippen molar-refractivity contribution >= 4 is 34.9 Å². The molecule has 5 nitrogen and oxygen atoms in total. The molecule has 0 spiro atoms. The van der Waals surface area contributed by atoms with Gasteiger partial charge in [-0.15, -0.1) is 12.4 Å². The summed E-state index contributed by atoms with van der Waals surface area (Å²) in [6.07, 6.45) is 5.27. The van der Waals surface area contributed by atoms with Gasteiger partial charge in [0, 0.05) is 42.7 Å². The largest absolute Gasteiger partial charge is 0.489 e. The van der Waals surface area contributed by atoms with Gasteiger partial charge in [0.1, 0.15) is 12.4 Å². The molecule has 0 bridgehead atoms. The van der Waals surface area contributed by atoms with Crippen LogP contribution in [-0.2, 0) is 24.2 Å². The highest BCUT2D eigenvalue weighted by Crippen LogP contribution is 2.34. The molecule has 1 aromatic heterocycles. The number of hydrogen-bond acceptors (Lipinski definition) is 3. The molecule has 0 fully saturated rings. The van der Waals surface area contributed by atoms with Crippen molar-refractivity contribution in [2.75, 3.05) is 32.1 Å². The first-order valence-corrected chi connectivity index (χ1v) is 14.9. The highest BCUT2D eigenvalue weighted by molar-refractivity contribution is 5.95. The number of para-hydroxylation sites is 1. The molecule has 0 saturated carbocycles. The summed E-state index contributed by atoms with van der Waals surface area (Å²) in [5.41, 5.74) is 8.16. The number of carbonyl (C=O) groups excluding carboxylic acids is 1. The van der Waals surface area contributed by atoms with Crippen molar-refractivity contribution in [3.63, 3.8) is 0 Å². The Bertz CT molecular complexity index is 1650. The summed E-state index contributed by atoms with van der Waals surface area (Å²) in [7, 11) is 4.21. The van der Waals surface area contributed by atoms with E-state index in [2.05, 4.69) is 115 Å². The first-order chi connectivity index (χ1) is 20.5. The second-order valence-corrected chi connectivity index (χ2v) is 11.7. The van der Waals surface area contributed by atoms with Crippen LogP contribution < -0.4 is 9.64 Å². The smallest absolute Gasteiger partial charge is 0.227 e. The van der Waals surface area contributed by atoms with Gasteiger partial charge >= 0.3 is 0 Å². The first-order valence-electron chi connectivity index (χ1n) is 14.9. The maximum Gasteiger partial charge on any atom is 0.227 e. The van der Waals surface area contributed by atoms with Gasteiger partial charge in [-0.05, 0) is 79.2 Å². The van der Waals surface area contributed by atoms with Crippen LogP contribution >= 0.6 is 12.4 Å². The number of amides is 1. The van der Waals surface area contributed by atoms with Gasteiger partial charge in [0.25, 0.3) is 0 Å². The molecule has 6 heteroatoms. The van der Waals surface area contributed by atoms with Crippen LogP contribution in [0, 0.1) is 5.92 Å². The summed E-state index contributed by atoms with van der Waals surface area (Å²) >= 11 is 0. The maximum absolute atomic E-state index is 13.7. The van der Waals surface area contributed by atoms with Gasteiger partial charge in [-0.3, -0.25) is 4.79 Å². The number of hydrogen-bond donors (Lipinski definition) is 1. The average molecular weight is 594 g/mol. The summed E-state index contributed by atoms with van der Waals surface area (Å²) in [4.78, 5) is 21.3. The number of rotatable bonds is 10. The number of aromatic nitrogens is 1. The van der Waals surface area contributed by atoms with Crippen molar-refractivity contribution in [1.82, 2.24) is 9.88 Å². The monoisotopic (exact) mass is 593 g/mol. The second kappa shape index (κ2) is 13.9. The molecule has 1 N–H and O–H groups in total. The van der Waals surface area contributed by atoms with E-state index < -0.39 is 0 Å². The van der Waals surface area contributed by atoms with Crippen molar-refractivity contribution in [1.29, 1.82) is 0 Å². The van der Waals surface area contributed by atoms with E-state index in [4.69, 9.17) is 4.74 Å². The Balaban J connectivity index is 0.00000368. The third kappa shape index (κ3) is 7.30. The molecule has 222 valence electrons. The van der Waals surface area contributed by atoms with E-state index in [0.717, 1.165) is 54.9 Å². The summed E-state index contributed by atoms with van der Waals surface area (Å²) in [5.74, 6) is 1.39. The molecule has 1 amide bonds. The van der Waals surface area contributed by atoms with Crippen LogP contribution in [0.4, 0.5) is 5.69 Å². The average Bonchev–Trinajstić information content (AvgIpc) is 3.43. The maximum atomic E-state index is 13.7. The third-order valence-corrected chi connectivity index (χ3v) is 8.20. The van der Waals surface area contributed by atoms with Gasteiger partial charge in [0.15, 0.2) is 0 Å². The van der Waals surface area contributed by atoms with Gasteiger partial charge in [0.2, 0.25) is 5.91 Å². The number of halogens is 1. The number of aryl methyl sites for hydroxylation is 1. The Labute approximate surface area is 260 Å². The molecule has 5 aromatic rings. The van der Waals surface area contributed by atoms with Crippen molar-refractivity contribution in [2.24, 2.45) is 5.92 Å². The third-order valence-electron chi connectivity index (χ3n) is 8.20. The zero-order valence-electron chi connectivity index (χ0n) is 25.0. The highest BCUT2D eigenvalue weighted by atomic mass is 35.5. The van der Waals surface area contributed by atoms with Gasteiger partial charge in [0.05, 0.1) is 5.69 Å². The molecule has 1 aliphatic heterocycles. The fourth-order valence-electron chi connectivity index (χ4n) is 6.16. The Kier molecular flexibility index (Phi) is 9.86.